The zero-order chi connectivity index (χ0) is 10.8. The van der Waals surface area contributed by atoms with E-state index in [4.69, 9.17) is 0 Å². The minimum absolute atomic E-state index is 0.203. The highest BCUT2D eigenvalue weighted by molar-refractivity contribution is 9.10. The van der Waals surface area contributed by atoms with Crippen LogP contribution >= 0.6 is 15.9 Å². The minimum atomic E-state index is -0.740. The molecule has 5 nitrogen and oxygen atoms in total. The van der Waals surface area contributed by atoms with E-state index in [2.05, 4.69) is 25.9 Å². The van der Waals surface area contributed by atoms with E-state index in [9.17, 15) is 9.00 Å². The van der Waals surface area contributed by atoms with Crippen LogP contribution in [0.1, 0.15) is 0 Å². The van der Waals surface area contributed by atoms with Crippen LogP contribution in [0.15, 0.2) is 15.6 Å². The van der Waals surface area contributed by atoms with Crippen molar-refractivity contribution in [3.05, 3.63) is 21.2 Å². The van der Waals surface area contributed by atoms with E-state index >= 15 is 0 Å². The molecule has 0 unspecified atom stereocenters. The standard InChI is InChI=1S/C8H10BrN3O2S/c9-6-5-10-8(13)7(11-6)12-1-3-15(14)4-2-12/h5H,1-4H2,(H,10,13). The third-order valence-corrected chi connectivity index (χ3v) is 3.90. The van der Waals surface area contributed by atoms with Gasteiger partial charge in [-0.25, -0.2) is 4.98 Å². The van der Waals surface area contributed by atoms with E-state index in [1.807, 2.05) is 4.90 Å². The van der Waals surface area contributed by atoms with Gasteiger partial charge in [0, 0.05) is 41.6 Å². The lowest BCUT2D eigenvalue weighted by molar-refractivity contribution is 0.672. The second-order valence-electron chi connectivity index (χ2n) is 3.21. The summed E-state index contributed by atoms with van der Waals surface area (Å²) in [6.45, 7) is 1.25. The molecule has 0 aliphatic carbocycles. The number of hydrogen-bond donors (Lipinski definition) is 1. The first-order chi connectivity index (χ1) is 7.16. The van der Waals surface area contributed by atoms with Gasteiger partial charge in [0.2, 0.25) is 0 Å². The SMILES string of the molecule is O=c1[nH]cc(Br)nc1N1CCS(=O)CC1. The number of nitrogens with zero attached hydrogens (tertiary/aromatic N) is 2. The number of H-pyrrole nitrogens is 1. The van der Waals surface area contributed by atoms with E-state index in [0.29, 0.717) is 35.0 Å². The van der Waals surface area contributed by atoms with Crippen LogP contribution in [-0.2, 0) is 10.8 Å². The molecule has 0 spiro atoms. The van der Waals surface area contributed by atoms with Gasteiger partial charge < -0.3 is 9.88 Å². The van der Waals surface area contributed by atoms with Crippen molar-refractivity contribution in [2.45, 2.75) is 0 Å². The molecule has 1 aromatic rings. The first-order valence-corrected chi connectivity index (χ1v) is 6.80. The number of aromatic nitrogens is 2. The molecule has 0 atom stereocenters. The van der Waals surface area contributed by atoms with Crippen LogP contribution in [0.5, 0.6) is 0 Å². The molecule has 15 heavy (non-hydrogen) atoms. The van der Waals surface area contributed by atoms with Crippen molar-refractivity contribution >= 4 is 32.5 Å². The molecule has 82 valence electrons. The summed E-state index contributed by atoms with van der Waals surface area (Å²) < 4.78 is 11.8. The Labute approximate surface area is 97.5 Å². The number of hydrogen-bond acceptors (Lipinski definition) is 4. The van der Waals surface area contributed by atoms with Crippen LogP contribution in [0.2, 0.25) is 0 Å². The highest BCUT2D eigenvalue weighted by Gasteiger charge is 2.18. The molecule has 1 N–H and O–H groups in total. The van der Waals surface area contributed by atoms with Crippen molar-refractivity contribution in [2.75, 3.05) is 29.5 Å². The molecule has 0 aromatic carbocycles. The lowest BCUT2D eigenvalue weighted by atomic mass is 10.4. The molecule has 2 heterocycles. The fourth-order valence-corrected chi connectivity index (χ4v) is 2.77. The lowest BCUT2D eigenvalue weighted by Gasteiger charge is -2.26. The summed E-state index contributed by atoms with van der Waals surface area (Å²) in [6.07, 6.45) is 1.51. The Bertz CT molecular complexity index is 438. The van der Waals surface area contributed by atoms with E-state index in [1.54, 1.807) is 0 Å². The lowest BCUT2D eigenvalue weighted by Crippen LogP contribution is -2.41. The highest BCUT2D eigenvalue weighted by atomic mass is 79.9. The number of aromatic amines is 1. The normalized spacial score (nSPS) is 18.1. The summed E-state index contributed by atoms with van der Waals surface area (Å²) in [5.41, 5.74) is -0.203. The molecule has 1 aliphatic rings. The first kappa shape index (κ1) is 10.8. The summed E-state index contributed by atoms with van der Waals surface area (Å²) in [4.78, 5) is 20.1. The Hall–Kier alpha value is -0.690. The smallest absolute Gasteiger partial charge is 0.290 e. The maximum Gasteiger partial charge on any atom is 0.290 e. The molecule has 0 radical (unpaired) electrons. The zero-order valence-corrected chi connectivity index (χ0v) is 10.3. The van der Waals surface area contributed by atoms with Gasteiger partial charge in [0.25, 0.3) is 5.56 Å². The van der Waals surface area contributed by atoms with Crippen molar-refractivity contribution < 1.29 is 4.21 Å². The van der Waals surface area contributed by atoms with E-state index in [1.165, 1.54) is 6.20 Å². The first-order valence-electron chi connectivity index (χ1n) is 4.52. The number of halogens is 1. The van der Waals surface area contributed by atoms with Gasteiger partial charge in [0.15, 0.2) is 5.82 Å². The quantitative estimate of drug-likeness (QED) is 0.797. The third kappa shape index (κ3) is 2.46. The summed E-state index contributed by atoms with van der Waals surface area (Å²) in [7, 11) is -0.740. The molecular formula is C8H10BrN3O2S. The van der Waals surface area contributed by atoms with Gasteiger partial charge in [0.1, 0.15) is 4.60 Å². The average Bonchev–Trinajstić information content (AvgIpc) is 2.23. The molecule has 1 fully saturated rings. The van der Waals surface area contributed by atoms with Crippen molar-refractivity contribution in [1.82, 2.24) is 9.97 Å². The Morgan fingerprint density at radius 2 is 2.13 bits per heavy atom. The Balaban J connectivity index is 2.26. The maximum absolute atomic E-state index is 11.5. The second kappa shape index (κ2) is 4.44. The zero-order valence-electron chi connectivity index (χ0n) is 7.90. The Morgan fingerprint density at radius 3 is 2.80 bits per heavy atom. The van der Waals surface area contributed by atoms with Gasteiger partial charge in [0.05, 0.1) is 0 Å². The molecule has 2 rings (SSSR count). The van der Waals surface area contributed by atoms with Crippen molar-refractivity contribution in [3.63, 3.8) is 0 Å². The topological polar surface area (TPSA) is 66.1 Å². The van der Waals surface area contributed by atoms with Crippen molar-refractivity contribution in [1.29, 1.82) is 0 Å². The number of rotatable bonds is 1. The molecule has 0 amide bonds. The average molecular weight is 292 g/mol. The predicted octanol–water partition coefficient (Wildman–Crippen LogP) is 0.101. The van der Waals surface area contributed by atoms with Gasteiger partial charge in [-0.2, -0.15) is 0 Å². The molecule has 0 saturated carbocycles. The fraction of sp³-hybridized carbons (Fsp3) is 0.500. The van der Waals surface area contributed by atoms with Gasteiger partial charge in [-0.3, -0.25) is 9.00 Å². The van der Waals surface area contributed by atoms with Crippen LogP contribution in [0.3, 0.4) is 0 Å². The molecule has 7 heteroatoms. The van der Waals surface area contributed by atoms with Crippen molar-refractivity contribution in [3.8, 4) is 0 Å². The summed E-state index contributed by atoms with van der Waals surface area (Å²) in [5, 5.41) is 0. The van der Waals surface area contributed by atoms with E-state index in [-0.39, 0.29) is 5.56 Å². The van der Waals surface area contributed by atoms with Crippen LogP contribution < -0.4 is 10.5 Å². The molecule has 1 aromatic heterocycles. The monoisotopic (exact) mass is 291 g/mol. The van der Waals surface area contributed by atoms with Crippen LogP contribution in [-0.4, -0.2) is 38.8 Å². The van der Waals surface area contributed by atoms with Gasteiger partial charge >= 0.3 is 0 Å². The fourth-order valence-electron chi connectivity index (χ4n) is 1.44. The van der Waals surface area contributed by atoms with Crippen molar-refractivity contribution in [2.24, 2.45) is 0 Å². The van der Waals surface area contributed by atoms with E-state index < -0.39 is 10.8 Å². The van der Waals surface area contributed by atoms with Gasteiger partial charge in [-0.05, 0) is 15.9 Å². The van der Waals surface area contributed by atoms with Gasteiger partial charge in [-0.15, -0.1) is 0 Å². The third-order valence-electron chi connectivity index (χ3n) is 2.22. The molecule has 1 saturated heterocycles. The predicted molar refractivity (Wildman–Crippen MR) is 62.6 cm³/mol. The molecule has 1 aliphatic heterocycles. The van der Waals surface area contributed by atoms with Gasteiger partial charge in [-0.1, -0.05) is 0 Å². The number of anilines is 1. The maximum atomic E-state index is 11.5. The molecular weight excluding hydrogens is 282 g/mol. The minimum Gasteiger partial charge on any atom is -0.350 e. The molecule has 0 bridgehead atoms. The van der Waals surface area contributed by atoms with E-state index in [0.717, 1.165) is 0 Å². The van der Waals surface area contributed by atoms with Crippen LogP contribution in [0, 0.1) is 0 Å². The second-order valence-corrected chi connectivity index (χ2v) is 5.72. The van der Waals surface area contributed by atoms with Crippen LogP contribution in [0.4, 0.5) is 5.82 Å². The summed E-state index contributed by atoms with van der Waals surface area (Å²) in [5.74, 6) is 1.61. The van der Waals surface area contributed by atoms with Crippen LogP contribution in [0.25, 0.3) is 0 Å². The number of nitrogens with one attached hydrogen (secondary N) is 1. The Morgan fingerprint density at radius 1 is 1.47 bits per heavy atom. The largest absolute Gasteiger partial charge is 0.350 e. The Kier molecular flexibility index (Phi) is 3.20. The summed E-state index contributed by atoms with van der Waals surface area (Å²) in [6, 6.07) is 0. The summed E-state index contributed by atoms with van der Waals surface area (Å²) >= 11 is 3.21. The highest BCUT2D eigenvalue weighted by Crippen LogP contribution is 2.11.